The summed E-state index contributed by atoms with van der Waals surface area (Å²) < 4.78 is 1.74. The fourth-order valence-corrected chi connectivity index (χ4v) is 2.66. The molecular formula is C15H25N3O2. The lowest BCUT2D eigenvalue weighted by Gasteiger charge is -2.28. The predicted octanol–water partition coefficient (Wildman–Crippen LogP) is 2.06. The lowest BCUT2D eigenvalue weighted by molar-refractivity contribution is 0.0710. The van der Waals surface area contributed by atoms with E-state index in [1.807, 2.05) is 13.0 Å². The van der Waals surface area contributed by atoms with Gasteiger partial charge in [0.2, 0.25) is 0 Å². The minimum Gasteiger partial charge on any atom is -0.391 e. The Labute approximate surface area is 120 Å². The van der Waals surface area contributed by atoms with Crippen LogP contribution in [0.2, 0.25) is 0 Å². The van der Waals surface area contributed by atoms with Crippen LogP contribution in [0, 0.1) is 0 Å². The highest BCUT2D eigenvalue weighted by atomic mass is 16.3. The van der Waals surface area contributed by atoms with Crippen molar-refractivity contribution in [3.05, 3.63) is 17.5 Å². The maximum atomic E-state index is 12.4. The minimum absolute atomic E-state index is 0.126. The maximum absolute atomic E-state index is 12.4. The zero-order valence-corrected chi connectivity index (χ0v) is 12.6. The quantitative estimate of drug-likeness (QED) is 0.886. The van der Waals surface area contributed by atoms with E-state index in [2.05, 4.69) is 24.3 Å². The Morgan fingerprint density at radius 1 is 1.50 bits per heavy atom. The van der Waals surface area contributed by atoms with Gasteiger partial charge >= 0.3 is 0 Å². The Balaban J connectivity index is 2.11. The van der Waals surface area contributed by atoms with E-state index in [4.69, 9.17) is 0 Å². The molecule has 1 aromatic heterocycles. The molecule has 2 rings (SSSR count). The van der Waals surface area contributed by atoms with Crippen LogP contribution in [0.3, 0.4) is 0 Å². The number of carbonyl (C=O) groups excluding carboxylic acids is 1. The molecule has 2 N–H and O–H groups in total. The Morgan fingerprint density at radius 3 is 2.80 bits per heavy atom. The second-order valence-corrected chi connectivity index (χ2v) is 5.86. The van der Waals surface area contributed by atoms with Gasteiger partial charge in [-0.3, -0.25) is 9.48 Å². The molecule has 20 heavy (non-hydrogen) atoms. The number of hydrogen-bond donors (Lipinski definition) is 2. The number of aryl methyl sites for hydroxylation is 1. The van der Waals surface area contributed by atoms with Gasteiger partial charge in [-0.25, -0.2) is 0 Å². The molecule has 0 saturated heterocycles. The molecule has 1 amide bonds. The van der Waals surface area contributed by atoms with Crippen molar-refractivity contribution < 1.29 is 9.90 Å². The van der Waals surface area contributed by atoms with Crippen molar-refractivity contribution in [3.63, 3.8) is 0 Å². The van der Waals surface area contributed by atoms with Crippen molar-refractivity contribution >= 4 is 5.91 Å². The van der Waals surface area contributed by atoms with Crippen LogP contribution in [0.15, 0.2) is 6.07 Å². The predicted molar refractivity (Wildman–Crippen MR) is 77.7 cm³/mol. The highest BCUT2D eigenvalue weighted by Crippen LogP contribution is 2.19. The van der Waals surface area contributed by atoms with Crippen molar-refractivity contribution in [1.29, 1.82) is 0 Å². The molecule has 2 atom stereocenters. The first-order valence-electron chi connectivity index (χ1n) is 7.59. The van der Waals surface area contributed by atoms with Crippen LogP contribution in [0.4, 0.5) is 0 Å². The maximum Gasteiger partial charge on any atom is 0.269 e. The van der Waals surface area contributed by atoms with Crippen LogP contribution < -0.4 is 5.32 Å². The molecule has 1 aliphatic rings. The number of aliphatic hydroxyl groups is 1. The van der Waals surface area contributed by atoms with E-state index in [0.29, 0.717) is 18.2 Å². The summed E-state index contributed by atoms with van der Waals surface area (Å²) in [6.45, 7) is 6.77. The fourth-order valence-electron chi connectivity index (χ4n) is 2.66. The van der Waals surface area contributed by atoms with Crippen molar-refractivity contribution in [2.75, 3.05) is 0 Å². The van der Waals surface area contributed by atoms with Crippen LogP contribution >= 0.6 is 0 Å². The van der Waals surface area contributed by atoms with E-state index in [1.54, 1.807) is 4.68 Å². The van der Waals surface area contributed by atoms with Crippen LogP contribution in [0.25, 0.3) is 0 Å². The van der Waals surface area contributed by atoms with E-state index in [1.165, 1.54) is 0 Å². The summed E-state index contributed by atoms with van der Waals surface area (Å²) in [7, 11) is 0. The van der Waals surface area contributed by atoms with Crippen molar-refractivity contribution in [2.45, 2.75) is 71.1 Å². The van der Waals surface area contributed by atoms with E-state index in [9.17, 15) is 9.90 Å². The molecule has 0 bridgehead atoms. The number of hydrogen-bond acceptors (Lipinski definition) is 3. The Morgan fingerprint density at radius 2 is 2.20 bits per heavy atom. The molecule has 1 saturated carbocycles. The Hall–Kier alpha value is -1.36. The summed E-state index contributed by atoms with van der Waals surface area (Å²) in [6, 6.07) is 1.73. The topological polar surface area (TPSA) is 67.2 Å². The molecule has 5 heteroatoms. The van der Waals surface area contributed by atoms with Gasteiger partial charge in [-0.2, -0.15) is 5.10 Å². The van der Waals surface area contributed by atoms with Gasteiger partial charge in [0.1, 0.15) is 5.69 Å². The number of nitrogens with zero attached hydrogens (tertiary/aromatic N) is 2. The molecule has 0 unspecified atom stereocenters. The zero-order chi connectivity index (χ0) is 14.7. The Kier molecular flexibility index (Phi) is 4.81. The number of rotatable bonds is 4. The van der Waals surface area contributed by atoms with Crippen molar-refractivity contribution in [3.8, 4) is 0 Å². The number of aliphatic hydroxyl groups excluding tert-OH is 1. The third-order valence-corrected chi connectivity index (χ3v) is 3.97. The largest absolute Gasteiger partial charge is 0.391 e. The van der Waals surface area contributed by atoms with Crippen LogP contribution in [0.5, 0.6) is 0 Å². The summed E-state index contributed by atoms with van der Waals surface area (Å²) >= 11 is 0. The molecular weight excluding hydrogens is 254 g/mol. The summed E-state index contributed by atoms with van der Waals surface area (Å²) in [6.07, 6.45) is 3.30. The monoisotopic (exact) mass is 279 g/mol. The first-order chi connectivity index (χ1) is 9.52. The lowest BCUT2D eigenvalue weighted by atomic mass is 9.92. The molecule has 5 nitrogen and oxygen atoms in total. The second kappa shape index (κ2) is 6.39. The molecule has 1 heterocycles. The van der Waals surface area contributed by atoms with Crippen LogP contribution in [0.1, 0.15) is 68.6 Å². The number of amides is 1. The molecule has 0 radical (unpaired) electrons. The average molecular weight is 279 g/mol. The number of carbonyl (C=O) groups is 1. The van der Waals surface area contributed by atoms with Gasteiger partial charge in [-0.05, 0) is 31.7 Å². The van der Waals surface area contributed by atoms with Crippen LogP contribution in [-0.4, -0.2) is 32.9 Å². The molecule has 0 aliphatic heterocycles. The standard InChI is InChI=1S/C15H25N3O2/c1-4-18-13(9-12(17-18)10(2)3)15(20)16-11-7-5-6-8-14(11)19/h9-11,14,19H,4-8H2,1-3H3,(H,16,20)/t11-,14-/m0/s1. The van der Waals surface area contributed by atoms with Gasteiger partial charge in [-0.15, -0.1) is 0 Å². The number of aromatic nitrogens is 2. The normalized spacial score (nSPS) is 23.1. The summed E-state index contributed by atoms with van der Waals surface area (Å²) in [5.41, 5.74) is 1.52. The zero-order valence-electron chi connectivity index (χ0n) is 12.6. The van der Waals surface area contributed by atoms with E-state index >= 15 is 0 Å². The van der Waals surface area contributed by atoms with Gasteiger partial charge in [0, 0.05) is 6.54 Å². The molecule has 1 fully saturated rings. The summed E-state index contributed by atoms with van der Waals surface area (Å²) in [5, 5.41) is 17.4. The molecule has 0 spiro atoms. The fraction of sp³-hybridized carbons (Fsp3) is 0.733. The van der Waals surface area contributed by atoms with Gasteiger partial charge < -0.3 is 10.4 Å². The third kappa shape index (κ3) is 3.20. The average Bonchev–Trinajstić information content (AvgIpc) is 2.85. The van der Waals surface area contributed by atoms with Crippen LogP contribution in [-0.2, 0) is 6.54 Å². The number of nitrogens with one attached hydrogen (secondary N) is 1. The van der Waals surface area contributed by atoms with E-state index in [0.717, 1.165) is 31.4 Å². The first-order valence-corrected chi connectivity index (χ1v) is 7.59. The highest BCUT2D eigenvalue weighted by Gasteiger charge is 2.26. The van der Waals surface area contributed by atoms with Crippen molar-refractivity contribution in [2.24, 2.45) is 0 Å². The molecule has 1 aromatic rings. The smallest absolute Gasteiger partial charge is 0.269 e. The lowest BCUT2D eigenvalue weighted by Crippen LogP contribution is -2.45. The van der Waals surface area contributed by atoms with Crippen molar-refractivity contribution in [1.82, 2.24) is 15.1 Å². The molecule has 112 valence electrons. The second-order valence-electron chi connectivity index (χ2n) is 5.86. The van der Waals surface area contributed by atoms with Gasteiger partial charge in [-0.1, -0.05) is 26.7 Å². The van der Waals surface area contributed by atoms with E-state index in [-0.39, 0.29) is 11.9 Å². The third-order valence-electron chi connectivity index (χ3n) is 3.97. The summed E-state index contributed by atoms with van der Waals surface area (Å²) in [4.78, 5) is 12.4. The van der Waals surface area contributed by atoms with E-state index < -0.39 is 6.10 Å². The van der Waals surface area contributed by atoms with Gasteiger partial charge in [0.25, 0.3) is 5.91 Å². The summed E-state index contributed by atoms with van der Waals surface area (Å²) in [5.74, 6) is 0.173. The van der Waals surface area contributed by atoms with Gasteiger partial charge in [0.05, 0.1) is 17.8 Å². The molecule has 1 aliphatic carbocycles. The molecule has 0 aromatic carbocycles. The highest BCUT2D eigenvalue weighted by molar-refractivity contribution is 5.93. The Bertz CT molecular complexity index is 468. The van der Waals surface area contributed by atoms with Gasteiger partial charge in [0.15, 0.2) is 0 Å². The first kappa shape index (κ1) is 15.0. The minimum atomic E-state index is -0.421. The SMILES string of the molecule is CCn1nc(C(C)C)cc1C(=O)N[C@H]1CCCC[C@@H]1O.